The fourth-order valence-corrected chi connectivity index (χ4v) is 3.10. The minimum Gasteiger partial charge on any atom is -0.344 e. The van der Waals surface area contributed by atoms with Crippen molar-refractivity contribution in [2.75, 3.05) is 18.0 Å². The van der Waals surface area contributed by atoms with Gasteiger partial charge in [0.25, 0.3) is 0 Å². The van der Waals surface area contributed by atoms with Gasteiger partial charge in [-0.1, -0.05) is 6.92 Å². The van der Waals surface area contributed by atoms with E-state index in [-0.39, 0.29) is 0 Å². The molecule has 5 heteroatoms. The molecule has 1 atom stereocenters. The molecule has 1 aliphatic rings. The summed E-state index contributed by atoms with van der Waals surface area (Å²) in [7, 11) is 0. The van der Waals surface area contributed by atoms with E-state index in [4.69, 9.17) is 5.73 Å². The number of anilines is 1. The van der Waals surface area contributed by atoms with Crippen LogP contribution in [0.4, 0.5) is 5.13 Å². The van der Waals surface area contributed by atoms with Gasteiger partial charge in [-0.05, 0) is 32.2 Å². The summed E-state index contributed by atoms with van der Waals surface area (Å²) in [6.45, 7) is 3.98. The lowest BCUT2D eigenvalue weighted by atomic mass is 10.0. The predicted molar refractivity (Wildman–Crippen MR) is 67.9 cm³/mol. The van der Waals surface area contributed by atoms with Crippen molar-refractivity contribution in [3.8, 4) is 0 Å². The van der Waals surface area contributed by atoms with Crippen molar-refractivity contribution in [2.24, 2.45) is 5.73 Å². The second kappa shape index (κ2) is 5.59. The summed E-state index contributed by atoms with van der Waals surface area (Å²) in [5.74, 6) is 0.970. The molecule has 1 saturated heterocycles. The number of aryl methyl sites for hydroxylation is 1. The number of piperidine rings is 1. The average Bonchev–Trinajstić information content (AvgIpc) is 2.79. The first-order valence-corrected chi connectivity index (χ1v) is 6.91. The molecule has 2 N–H and O–H groups in total. The molecule has 2 heterocycles. The summed E-state index contributed by atoms with van der Waals surface area (Å²) in [4.78, 5) is 6.99. The van der Waals surface area contributed by atoms with E-state index in [1.165, 1.54) is 30.8 Å². The zero-order valence-electron chi connectivity index (χ0n) is 9.85. The van der Waals surface area contributed by atoms with Gasteiger partial charge in [-0.2, -0.15) is 4.37 Å². The molecule has 1 aromatic rings. The van der Waals surface area contributed by atoms with Crippen LogP contribution < -0.4 is 10.6 Å². The molecule has 1 aromatic heterocycles. The molecule has 1 unspecified atom stereocenters. The standard InChI is InChI=1S/C11H20N4S/c1-2-10-13-11(16-14-10)15-8-4-3-5-9(15)6-7-12/h9H,2-8,12H2,1H3. The van der Waals surface area contributed by atoms with Crippen molar-refractivity contribution in [1.29, 1.82) is 0 Å². The fraction of sp³-hybridized carbons (Fsp3) is 0.818. The van der Waals surface area contributed by atoms with Gasteiger partial charge in [-0.25, -0.2) is 4.98 Å². The Morgan fingerprint density at radius 1 is 1.50 bits per heavy atom. The molecule has 90 valence electrons. The second-order valence-corrected chi connectivity index (χ2v) is 5.00. The third-order valence-corrected chi connectivity index (χ3v) is 3.94. The predicted octanol–water partition coefficient (Wildman–Crippen LogP) is 1.81. The first-order chi connectivity index (χ1) is 7.85. The number of nitrogens with two attached hydrogens (primary N) is 1. The minimum absolute atomic E-state index is 0.580. The molecule has 16 heavy (non-hydrogen) atoms. The largest absolute Gasteiger partial charge is 0.344 e. The summed E-state index contributed by atoms with van der Waals surface area (Å²) in [5.41, 5.74) is 5.67. The Labute approximate surface area is 101 Å². The molecular formula is C11H20N4S. The zero-order valence-corrected chi connectivity index (χ0v) is 10.7. The van der Waals surface area contributed by atoms with Crippen molar-refractivity contribution >= 4 is 16.7 Å². The number of aromatic nitrogens is 2. The van der Waals surface area contributed by atoms with Crippen molar-refractivity contribution in [3.63, 3.8) is 0 Å². The van der Waals surface area contributed by atoms with Gasteiger partial charge in [-0.15, -0.1) is 0 Å². The van der Waals surface area contributed by atoms with Crippen molar-refractivity contribution < 1.29 is 0 Å². The fourth-order valence-electron chi connectivity index (χ4n) is 2.25. The van der Waals surface area contributed by atoms with Crippen LogP contribution in [0.15, 0.2) is 0 Å². The van der Waals surface area contributed by atoms with Crippen molar-refractivity contribution in [2.45, 2.75) is 45.1 Å². The molecule has 0 amide bonds. The Hall–Kier alpha value is -0.680. The van der Waals surface area contributed by atoms with E-state index in [0.717, 1.165) is 36.9 Å². The van der Waals surface area contributed by atoms with Crippen LogP contribution in [0.25, 0.3) is 0 Å². The maximum absolute atomic E-state index is 5.67. The van der Waals surface area contributed by atoms with Crippen LogP contribution in [-0.2, 0) is 6.42 Å². The van der Waals surface area contributed by atoms with E-state index in [1.807, 2.05) is 0 Å². The zero-order chi connectivity index (χ0) is 11.4. The molecule has 0 bridgehead atoms. The van der Waals surface area contributed by atoms with Gasteiger partial charge in [0.15, 0.2) is 0 Å². The van der Waals surface area contributed by atoms with Gasteiger partial charge in [0, 0.05) is 30.5 Å². The second-order valence-electron chi connectivity index (χ2n) is 4.27. The summed E-state index contributed by atoms with van der Waals surface area (Å²) >= 11 is 1.53. The highest BCUT2D eigenvalue weighted by Gasteiger charge is 2.24. The van der Waals surface area contributed by atoms with Crippen LogP contribution in [0, 0.1) is 0 Å². The van der Waals surface area contributed by atoms with Crippen LogP contribution in [-0.4, -0.2) is 28.5 Å². The number of rotatable bonds is 4. The monoisotopic (exact) mass is 240 g/mol. The van der Waals surface area contributed by atoms with Gasteiger partial charge < -0.3 is 10.6 Å². The maximum Gasteiger partial charge on any atom is 0.205 e. The van der Waals surface area contributed by atoms with Gasteiger partial charge >= 0.3 is 0 Å². The van der Waals surface area contributed by atoms with Crippen LogP contribution in [0.3, 0.4) is 0 Å². The summed E-state index contributed by atoms with van der Waals surface area (Å²) in [6.07, 6.45) is 5.83. The van der Waals surface area contributed by atoms with E-state index in [1.54, 1.807) is 0 Å². The van der Waals surface area contributed by atoms with Gasteiger partial charge in [-0.3, -0.25) is 0 Å². The summed E-state index contributed by atoms with van der Waals surface area (Å²) in [6, 6.07) is 0.580. The molecule has 1 aliphatic heterocycles. The van der Waals surface area contributed by atoms with Crippen molar-refractivity contribution in [3.05, 3.63) is 5.82 Å². The molecular weight excluding hydrogens is 220 g/mol. The normalized spacial score (nSPS) is 21.4. The van der Waals surface area contributed by atoms with Crippen molar-refractivity contribution in [1.82, 2.24) is 9.36 Å². The first-order valence-electron chi connectivity index (χ1n) is 6.14. The number of hydrogen-bond donors (Lipinski definition) is 1. The highest BCUT2D eigenvalue weighted by Crippen LogP contribution is 2.27. The van der Waals surface area contributed by atoms with Crippen LogP contribution in [0.5, 0.6) is 0 Å². The first kappa shape index (κ1) is 11.8. The van der Waals surface area contributed by atoms with E-state index < -0.39 is 0 Å². The Balaban J connectivity index is 2.09. The number of hydrogen-bond acceptors (Lipinski definition) is 5. The lowest BCUT2D eigenvalue weighted by molar-refractivity contribution is 0.441. The lowest BCUT2D eigenvalue weighted by Gasteiger charge is -2.35. The molecule has 0 spiro atoms. The quantitative estimate of drug-likeness (QED) is 0.872. The Morgan fingerprint density at radius 2 is 2.38 bits per heavy atom. The molecule has 0 aromatic carbocycles. The highest BCUT2D eigenvalue weighted by molar-refractivity contribution is 7.09. The Bertz CT molecular complexity index is 324. The van der Waals surface area contributed by atoms with E-state index in [2.05, 4.69) is 21.2 Å². The molecule has 0 radical (unpaired) electrons. The van der Waals surface area contributed by atoms with E-state index >= 15 is 0 Å². The molecule has 1 fully saturated rings. The maximum atomic E-state index is 5.67. The number of nitrogens with zero attached hydrogens (tertiary/aromatic N) is 3. The third kappa shape index (κ3) is 2.52. The average molecular weight is 240 g/mol. The van der Waals surface area contributed by atoms with E-state index in [9.17, 15) is 0 Å². The van der Waals surface area contributed by atoms with Gasteiger partial charge in [0.05, 0.1) is 0 Å². The topological polar surface area (TPSA) is 55.0 Å². The molecule has 2 rings (SSSR count). The minimum atomic E-state index is 0.580. The summed E-state index contributed by atoms with van der Waals surface area (Å²) < 4.78 is 4.36. The van der Waals surface area contributed by atoms with Crippen LogP contribution in [0.2, 0.25) is 0 Å². The van der Waals surface area contributed by atoms with E-state index in [0.29, 0.717) is 6.04 Å². The third-order valence-electron chi connectivity index (χ3n) is 3.15. The molecule has 0 aliphatic carbocycles. The van der Waals surface area contributed by atoms with Crippen LogP contribution >= 0.6 is 11.5 Å². The summed E-state index contributed by atoms with van der Waals surface area (Å²) in [5, 5.41) is 1.09. The Kier molecular flexibility index (Phi) is 4.12. The Morgan fingerprint density at radius 3 is 3.06 bits per heavy atom. The van der Waals surface area contributed by atoms with Crippen LogP contribution in [0.1, 0.15) is 38.4 Å². The highest BCUT2D eigenvalue weighted by atomic mass is 32.1. The lowest BCUT2D eigenvalue weighted by Crippen LogP contribution is -2.40. The van der Waals surface area contributed by atoms with Gasteiger partial charge in [0.2, 0.25) is 5.13 Å². The molecule has 4 nitrogen and oxygen atoms in total. The molecule has 0 saturated carbocycles. The van der Waals surface area contributed by atoms with Gasteiger partial charge in [0.1, 0.15) is 5.82 Å². The SMILES string of the molecule is CCc1nsc(N2CCCCC2CCN)n1. The smallest absolute Gasteiger partial charge is 0.205 e.